The van der Waals surface area contributed by atoms with Crippen LogP contribution in [0.2, 0.25) is 0 Å². The number of nitrogens with zero attached hydrogens (tertiary/aromatic N) is 1. The van der Waals surface area contributed by atoms with Gasteiger partial charge >= 0.3 is 0 Å². The van der Waals surface area contributed by atoms with Gasteiger partial charge in [-0.05, 0) is 48.4 Å². The van der Waals surface area contributed by atoms with E-state index in [1.807, 2.05) is 31.2 Å². The van der Waals surface area contributed by atoms with Gasteiger partial charge in [-0.15, -0.1) is 0 Å². The number of hydrogen-bond acceptors (Lipinski definition) is 3. The first-order chi connectivity index (χ1) is 10.2. The van der Waals surface area contributed by atoms with Crippen molar-refractivity contribution in [1.82, 2.24) is 10.4 Å². The van der Waals surface area contributed by atoms with Crippen molar-refractivity contribution in [1.29, 1.82) is 0 Å². The molecule has 3 nitrogen and oxygen atoms in total. The highest BCUT2D eigenvalue weighted by atomic mass is 79.9. The summed E-state index contributed by atoms with van der Waals surface area (Å²) in [5.41, 5.74) is 7.17. The van der Waals surface area contributed by atoms with Crippen LogP contribution in [0.15, 0.2) is 59.1 Å². The molecule has 0 radical (unpaired) electrons. The molecule has 0 aliphatic rings. The molecule has 106 valence electrons. The van der Waals surface area contributed by atoms with Crippen molar-refractivity contribution in [2.24, 2.45) is 5.84 Å². The molecule has 1 unspecified atom stereocenters. The van der Waals surface area contributed by atoms with Crippen molar-refractivity contribution in [3.8, 4) is 0 Å². The smallest absolute Gasteiger partial charge is 0.0710 e. The maximum absolute atomic E-state index is 5.77. The first kappa shape index (κ1) is 14.2. The summed E-state index contributed by atoms with van der Waals surface area (Å²) in [7, 11) is 0. The standard InChI is InChI=1S/C17H16BrN3/c1-11-2-3-13-10-14(6-9-16(13)20-11)17(21-19)12-4-7-15(18)8-5-12/h2-10,17,21H,19H2,1H3. The minimum absolute atomic E-state index is 0.0381. The monoisotopic (exact) mass is 341 g/mol. The van der Waals surface area contributed by atoms with Gasteiger partial charge in [-0.3, -0.25) is 10.8 Å². The molecule has 0 amide bonds. The number of aryl methyl sites for hydroxylation is 1. The summed E-state index contributed by atoms with van der Waals surface area (Å²) in [6.45, 7) is 2.00. The minimum Gasteiger partial charge on any atom is -0.271 e. The van der Waals surface area contributed by atoms with Crippen molar-refractivity contribution in [2.75, 3.05) is 0 Å². The van der Waals surface area contributed by atoms with Gasteiger partial charge in [0.15, 0.2) is 0 Å². The van der Waals surface area contributed by atoms with Crippen molar-refractivity contribution in [2.45, 2.75) is 13.0 Å². The van der Waals surface area contributed by atoms with E-state index >= 15 is 0 Å². The highest BCUT2D eigenvalue weighted by molar-refractivity contribution is 9.10. The second-order valence-electron chi connectivity index (χ2n) is 5.06. The summed E-state index contributed by atoms with van der Waals surface area (Å²) in [4.78, 5) is 4.53. The summed E-state index contributed by atoms with van der Waals surface area (Å²) < 4.78 is 1.06. The van der Waals surface area contributed by atoms with Crippen molar-refractivity contribution in [3.05, 3.63) is 75.9 Å². The molecule has 0 saturated heterocycles. The van der Waals surface area contributed by atoms with Gasteiger partial charge in [-0.1, -0.05) is 40.2 Å². The lowest BCUT2D eigenvalue weighted by molar-refractivity contribution is 0.637. The molecule has 0 fully saturated rings. The van der Waals surface area contributed by atoms with Crippen LogP contribution in [0.3, 0.4) is 0 Å². The van der Waals surface area contributed by atoms with E-state index in [0.29, 0.717) is 0 Å². The Balaban J connectivity index is 2.04. The summed E-state index contributed by atoms with van der Waals surface area (Å²) in [6.07, 6.45) is 0. The van der Waals surface area contributed by atoms with Crippen LogP contribution in [0.5, 0.6) is 0 Å². The number of aromatic nitrogens is 1. The van der Waals surface area contributed by atoms with Gasteiger partial charge in [0.2, 0.25) is 0 Å². The van der Waals surface area contributed by atoms with Crippen molar-refractivity contribution >= 4 is 26.8 Å². The summed E-state index contributed by atoms with van der Waals surface area (Å²) in [6, 6.07) is 18.5. The Bertz CT molecular complexity index is 769. The zero-order valence-corrected chi connectivity index (χ0v) is 13.3. The van der Waals surface area contributed by atoms with E-state index < -0.39 is 0 Å². The Labute approximate surface area is 132 Å². The predicted molar refractivity (Wildman–Crippen MR) is 89.8 cm³/mol. The number of nitrogens with one attached hydrogen (secondary N) is 1. The molecule has 0 spiro atoms. The maximum atomic E-state index is 5.77. The number of hydrazine groups is 1. The molecular formula is C17H16BrN3. The zero-order valence-electron chi connectivity index (χ0n) is 11.7. The summed E-state index contributed by atoms with van der Waals surface area (Å²) in [5, 5.41) is 1.12. The fourth-order valence-electron chi connectivity index (χ4n) is 2.47. The van der Waals surface area contributed by atoms with Gasteiger partial charge in [0.25, 0.3) is 0 Å². The van der Waals surface area contributed by atoms with Crippen LogP contribution >= 0.6 is 15.9 Å². The molecule has 1 atom stereocenters. The minimum atomic E-state index is -0.0381. The third kappa shape index (κ3) is 2.97. The second kappa shape index (κ2) is 5.93. The Morgan fingerprint density at radius 2 is 1.71 bits per heavy atom. The molecule has 1 heterocycles. The molecule has 1 aromatic heterocycles. The molecule has 2 aromatic carbocycles. The van der Waals surface area contributed by atoms with Crippen LogP contribution < -0.4 is 11.3 Å². The average Bonchev–Trinajstić information content (AvgIpc) is 2.50. The van der Waals surface area contributed by atoms with Crippen LogP contribution in [0.25, 0.3) is 10.9 Å². The lowest BCUT2D eigenvalue weighted by Gasteiger charge is -2.17. The van der Waals surface area contributed by atoms with Crippen LogP contribution in [-0.4, -0.2) is 4.98 Å². The Morgan fingerprint density at radius 3 is 2.43 bits per heavy atom. The SMILES string of the molecule is Cc1ccc2cc(C(NN)c3ccc(Br)cc3)ccc2n1. The molecule has 0 aliphatic carbocycles. The summed E-state index contributed by atoms with van der Waals surface area (Å²) >= 11 is 3.45. The number of pyridine rings is 1. The van der Waals surface area contributed by atoms with Crippen LogP contribution in [0, 0.1) is 6.92 Å². The number of benzene rings is 2. The molecular weight excluding hydrogens is 326 g/mol. The van der Waals surface area contributed by atoms with Gasteiger partial charge in [0, 0.05) is 15.6 Å². The lowest BCUT2D eigenvalue weighted by Crippen LogP contribution is -2.28. The van der Waals surface area contributed by atoms with E-state index in [4.69, 9.17) is 5.84 Å². The molecule has 3 rings (SSSR count). The van der Waals surface area contributed by atoms with Gasteiger partial charge in [0.1, 0.15) is 0 Å². The zero-order chi connectivity index (χ0) is 14.8. The van der Waals surface area contributed by atoms with Gasteiger partial charge in [-0.2, -0.15) is 0 Å². The van der Waals surface area contributed by atoms with E-state index in [-0.39, 0.29) is 6.04 Å². The Hall–Kier alpha value is -1.75. The molecule has 0 bridgehead atoms. The number of hydrogen-bond donors (Lipinski definition) is 2. The van der Waals surface area contributed by atoms with E-state index in [1.165, 1.54) is 0 Å². The van der Waals surface area contributed by atoms with E-state index in [1.54, 1.807) is 0 Å². The first-order valence-electron chi connectivity index (χ1n) is 6.76. The fourth-order valence-corrected chi connectivity index (χ4v) is 2.73. The van der Waals surface area contributed by atoms with Crippen molar-refractivity contribution < 1.29 is 0 Å². The molecule has 3 N–H and O–H groups in total. The first-order valence-corrected chi connectivity index (χ1v) is 7.55. The van der Waals surface area contributed by atoms with Gasteiger partial charge in [0.05, 0.1) is 11.6 Å². The third-order valence-corrected chi connectivity index (χ3v) is 4.08. The van der Waals surface area contributed by atoms with Gasteiger partial charge in [-0.25, -0.2) is 5.43 Å². The predicted octanol–water partition coefficient (Wildman–Crippen LogP) is 3.86. The normalized spacial score (nSPS) is 12.5. The van der Waals surface area contributed by atoms with Crippen LogP contribution in [0.4, 0.5) is 0 Å². The molecule has 21 heavy (non-hydrogen) atoms. The lowest BCUT2D eigenvalue weighted by atomic mass is 9.98. The highest BCUT2D eigenvalue weighted by Gasteiger charge is 2.12. The number of fused-ring (bicyclic) bond motifs is 1. The average molecular weight is 342 g/mol. The fraction of sp³-hybridized carbons (Fsp3) is 0.118. The van der Waals surface area contributed by atoms with Crippen LogP contribution in [-0.2, 0) is 0 Å². The highest BCUT2D eigenvalue weighted by Crippen LogP contribution is 2.25. The molecule has 0 aliphatic heterocycles. The largest absolute Gasteiger partial charge is 0.271 e. The second-order valence-corrected chi connectivity index (χ2v) is 5.97. The topological polar surface area (TPSA) is 50.9 Å². The van der Waals surface area contributed by atoms with Crippen molar-refractivity contribution in [3.63, 3.8) is 0 Å². The molecule has 3 aromatic rings. The number of halogens is 1. The van der Waals surface area contributed by atoms with Gasteiger partial charge < -0.3 is 0 Å². The Morgan fingerprint density at radius 1 is 1.00 bits per heavy atom. The van der Waals surface area contributed by atoms with E-state index in [9.17, 15) is 0 Å². The van der Waals surface area contributed by atoms with Crippen LogP contribution in [0.1, 0.15) is 22.9 Å². The van der Waals surface area contributed by atoms with E-state index in [2.05, 4.69) is 56.7 Å². The van der Waals surface area contributed by atoms with E-state index in [0.717, 1.165) is 32.2 Å². The number of rotatable bonds is 3. The molecule has 4 heteroatoms. The summed E-state index contributed by atoms with van der Waals surface area (Å²) in [5.74, 6) is 5.77. The quantitative estimate of drug-likeness (QED) is 0.561. The molecule has 0 saturated carbocycles. The maximum Gasteiger partial charge on any atom is 0.0710 e. The third-order valence-electron chi connectivity index (χ3n) is 3.56. The Kier molecular flexibility index (Phi) is 4.01. The number of nitrogens with two attached hydrogens (primary N) is 1.